The van der Waals surface area contributed by atoms with Crippen LogP contribution in [0.2, 0.25) is 0 Å². The number of hydrogen-bond donors (Lipinski definition) is 0. The van der Waals surface area contributed by atoms with Crippen LogP contribution in [0.3, 0.4) is 0 Å². The molecule has 0 spiro atoms. The molecular formula is C14H16Br2N2O. The minimum atomic E-state index is 0.507. The highest BCUT2D eigenvalue weighted by atomic mass is 79.9. The van der Waals surface area contributed by atoms with Crippen LogP contribution in [0.25, 0.3) is 0 Å². The van der Waals surface area contributed by atoms with Crippen LogP contribution in [0.4, 0.5) is 0 Å². The van der Waals surface area contributed by atoms with Gasteiger partial charge in [0.1, 0.15) is 12.4 Å². The van der Waals surface area contributed by atoms with E-state index in [0.29, 0.717) is 6.61 Å². The third kappa shape index (κ3) is 3.20. The summed E-state index contributed by atoms with van der Waals surface area (Å²) in [5, 5.41) is 4.46. The molecule has 2 rings (SSSR count). The quantitative estimate of drug-likeness (QED) is 0.777. The van der Waals surface area contributed by atoms with Crippen molar-refractivity contribution in [3.8, 4) is 5.75 Å². The highest BCUT2D eigenvalue weighted by molar-refractivity contribution is 9.10. The molecule has 0 radical (unpaired) electrons. The number of aryl methyl sites for hydroxylation is 3. The molecule has 1 aromatic carbocycles. The second kappa shape index (κ2) is 6.09. The van der Waals surface area contributed by atoms with Crippen LogP contribution in [-0.2, 0) is 20.1 Å². The average Bonchev–Trinajstić information content (AvgIpc) is 2.64. The molecule has 1 aromatic heterocycles. The number of aromatic nitrogens is 2. The van der Waals surface area contributed by atoms with E-state index in [1.54, 1.807) is 0 Å². The zero-order chi connectivity index (χ0) is 14.0. The van der Waals surface area contributed by atoms with E-state index in [-0.39, 0.29) is 0 Å². The second-order valence-corrected chi connectivity index (χ2v) is 6.09. The van der Waals surface area contributed by atoms with Gasteiger partial charge in [-0.1, -0.05) is 22.9 Å². The van der Waals surface area contributed by atoms with Crippen molar-refractivity contribution in [2.45, 2.75) is 26.9 Å². The molecule has 0 unspecified atom stereocenters. The fourth-order valence-electron chi connectivity index (χ4n) is 1.90. The first-order chi connectivity index (χ1) is 9.02. The first kappa shape index (κ1) is 14.6. The average molecular weight is 388 g/mol. The van der Waals surface area contributed by atoms with E-state index in [0.717, 1.165) is 38.1 Å². The van der Waals surface area contributed by atoms with E-state index < -0.39 is 0 Å². The van der Waals surface area contributed by atoms with Crippen molar-refractivity contribution >= 4 is 31.9 Å². The van der Waals surface area contributed by atoms with Crippen LogP contribution in [0, 0.1) is 6.92 Å². The molecule has 3 nitrogen and oxygen atoms in total. The molecule has 0 saturated carbocycles. The molecule has 1 heterocycles. The summed E-state index contributed by atoms with van der Waals surface area (Å²) >= 11 is 7.05. The lowest BCUT2D eigenvalue weighted by Crippen LogP contribution is -2.04. The molecule has 0 amide bonds. The number of benzene rings is 1. The minimum Gasteiger partial charge on any atom is -0.487 e. The lowest BCUT2D eigenvalue weighted by Gasteiger charge is -2.10. The zero-order valence-electron chi connectivity index (χ0n) is 11.2. The smallest absolute Gasteiger partial charge is 0.131 e. The van der Waals surface area contributed by atoms with Gasteiger partial charge in [-0.15, -0.1) is 0 Å². The Labute approximate surface area is 130 Å². The third-order valence-corrected chi connectivity index (χ3v) is 4.41. The highest BCUT2D eigenvalue weighted by Gasteiger charge is 2.13. The molecule has 0 aliphatic heterocycles. The zero-order valence-corrected chi connectivity index (χ0v) is 14.4. The van der Waals surface area contributed by atoms with Crippen molar-refractivity contribution in [1.29, 1.82) is 0 Å². The molecule has 2 aromatic rings. The van der Waals surface area contributed by atoms with E-state index in [9.17, 15) is 0 Å². The summed E-state index contributed by atoms with van der Waals surface area (Å²) in [5.41, 5.74) is 3.23. The van der Waals surface area contributed by atoms with Crippen molar-refractivity contribution in [2.24, 2.45) is 7.05 Å². The number of rotatable bonds is 4. The van der Waals surface area contributed by atoms with Crippen LogP contribution >= 0.6 is 31.9 Å². The van der Waals surface area contributed by atoms with Gasteiger partial charge in [-0.25, -0.2) is 0 Å². The highest BCUT2D eigenvalue weighted by Crippen LogP contribution is 2.26. The van der Waals surface area contributed by atoms with Crippen LogP contribution in [0.15, 0.2) is 27.1 Å². The largest absolute Gasteiger partial charge is 0.487 e. The molecule has 0 saturated heterocycles. The Balaban J connectivity index is 2.16. The monoisotopic (exact) mass is 386 g/mol. The summed E-state index contributed by atoms with van der Waals surface area (Å²) in [6, 6.07) is 6.01. The van der Waals surface area contributed by atoms with Crippen molar-refractivity contribution in [3.63, 3.8) is 0 Å². The number of ether oxygens (including phenoxy) is 1. The van der Waals surface area contributed by atoms with E-state index in [4.69, 9.17) is 4.74 Å². The number of halogens is 2. The molecule has 102 valence electrons. The Bertz CT molecular complexity index is 593. The van der Waals surface area contributed by atoms with Gasteiger partial charge in [0, 0.05) is 11.5 Å². The first-order valence-electron chi connectivity index (χ1n) is 6.12. The first-order valence-corrected chi connectivity index (χ1v) is 7.70. The molecule has 0 fully saturated rings. The molecule has 19 heavy (non-hydrogen) atoms. The molecule has 0 atom stereocenters. The fourth-order valence-corrected chi connectivity index (χ4v) is 3.10. The normalized spacial score (nSPS) is 10.8. The number of hydrogen-bond acceptors (Lipinski definition) is 2. The molecule has 0 N–H and O–H groups in total. The van der Waals surface area contributed by atoms with E-state index >= 15 is 0 Å². The predicted molar refractivity (Wildman–Crippen MR) is 83.5 cm³/mol. The van der Waals surface area contributed by atoms with Crippen LogP contribution < -0.4 is 4.74 Å². The maximum absolute atomic E-state index is 5.89. The fraction of sp³-hybridized carbons (Fsp3) is 0.357. The summed E-state index contributed by atoms with van der Waals surface area (Å²) in [5.74, 6) is 0.898. The van der Waals surface area contributed by atoms with Crippen molar-refractivity contribution < 1.29 is 4.74 Å². The third-order valence-electron chi connectivity index (χ3n) is 3.00. The maximum Gasteiger partial charge on any atom is 0.131 e. The van der Waals surface area contributed by atoms with E-state index in [1.807, 2.05) is 36.9 Å². The van der Waals surface area contributed by atoms with Crippen LogP contribution in [-0.4, -0.2) is 9.78 Å². The summed E-state index contributed by atoms with van der Waals surface area (Å²) in [7, 11) is 1.94. The molecular weight excluding hydrogens is 372 g/mol. The maximum atomic E-state index is 5.89. The van der Waals surface area contributed by atoms with Gasteiger partial charge in [0.05, 0.1) is 15.9 Å². The summed E-state index contributed by atoms with van der Waals surface area (Å²) < 4.78 is 9.87. The van der Waals surface area contributed by atoms with E-state index in [2.05, 4.69) is 43.9 Å². The van der Waals surface area contributed by atoms with Crippen molar-refractivity contribution in [1.82, 2.24) is 9.78 Å². The Hall–Kier alpha value is -0.810. The van der Waals surface area contributed by atoms with Gasteiger partial charge in [-0.05, 0) is 53.0 Å². The second-order valence-electron chi connectivity index (χ2n) is 4.38. The number of nitrogens with zero attached hydrogens (tertiary/aromatic N) is 2. The topological polar surface area (TPSA) is 27.1 Å². The van der Waals surface area contributed by atoms with Gasteiger partial charge in [0.2, 0.25) is 0 Å². The van der Waals surface area contributed by atoms with Gasteiger partial charge in [0.15, 0.2) is 0 Å². The standard InChI is InChI=1S/C14H16Br2N2O/c1-4-11-14(16)12(18(3)17-11)8-19-13-6-5-10(15)7-9(13)2/h5-7H,4,8H2,1-3H3. The van der Waals surface area contributed by atoms with Crippen LogP contribution in [0.1, 0.15) is 23.9 Å². The Morgan fingerprint density at radius 3 is 2.63 bits per heavy atom. The van der Waals surface area contributed by atoms with Crippen molar-refractivity contribution in [2.75, 3.05) is 0 Å². The molecule has 0 bridgehead atoms. The lowest BCUT2D eigenvalue weighted by molar-refractivity contribution is 0.292. The summed E-state index contributed by atoms with van der Waals surface area (Å²) in [4.78, 5) is 0. The van der Waals surface area contributed by atoms with Crippen LogP contribution in [0.5, 0.6) is 5.75 Å². The molecule has 0 aliphatic rings. The molecule has 0 aliphatic carbocycles. The van der Waals surface area contributed by atoms with Gasteiger partial charge in [-0.3, -0.25) is 4.68 Å². The van der Waals surface area contributed by atoms with Gasteiger partial charge < -0.3 is 4.74 Å². The lowest BCUT2D eigenvalue weighted by atomic mass is 10.2. The van der Waals surface area contributed by atoms with Crippen molar-refractivity contribution in [3.05, 3.63) is 44.1 Å². The van der Waals surface area contributed by atoms with Gasteiger partial charge in [-0.2, -0.15) is 5.10 Å². The van der Waals surface area contributed by atoms with E-state index in [1.165, 1.54) is 0 Å². The molecule has 5 heteroatoms. The summed E-state index contributed by atoms with van der Waals surface area (Å²) in [6.45, 7) is 4.64. The Morgan fingerprint density at radius 2 is 2.05 bits per heavy atom. The van der Waals surface area contributed by atoms with Gasteiger partial charge >= 0.3 is 0 Å². The predicted octanol–water partition coefficient (Wildman–Crippen LogP) is 4.39. The van der Waals surface area contributed by atoms with Gasteiger partial charge in [0.25, 0.3) is 0 Å². The summed E-state index contributed by atoms with van der Waals surface area (Å²) in [6.07, 6.45) is 0.908. The Kier molecular flexibility index (Phi) is 4.68. The SMILES string of the molecule is CCc1nn(C)c(COc2ccc(Br)cc2C)c1Br. The minimum absolute atomic E-state index is 0.507. The Morgan fingerprint density at radius 1 is 1.32 bits per heavy atom.